The number of hydrogen-bond donors (Lipinski definition) is 0. The molecule has 0 radical (unpaired) electrons. The summed E-state index contributed by atoms with van der Waals surface area (Å²) in [5.41, 5.74) is 0. The van der Waals surface area contributed by atoms with Gasteiger partial charge in [-0.1, -0.05) is 41.5 Å². The highest BCUT2D eigenvalue weighted by molar-refractivity contribution is 4.79. The Kier molecular flexibility index (Phi) is 7.39. The van der Waals surface area contributed by atoms with Gasteiger partial charge in [0.25, 0.3) is 0 Å². The Bertz CT molecular complexity index is 196. The quantitative estimate of drug-likeness (QED) is 0.633. The molecule has 3 atom stereocenters. The number of rotatable bonds is 7. The van der Waals surface area contributed by atoms with E-state index in [1.807, 2.05) is 0 Å². The Balaban J connectivity index is 4.60. The molecule has 0 spiro atoms. The molecule has 0 saturated heterocycles. The summed E-state index contributed by atoms with van der Waals surface area (Å²) in [5, 5.41) is 0. The molecule has 0 aliphatic heterocycles. The molecule has 0 aliphatic carbocycles. The monoisotopic (exact) mass is 241 g/mol. The summed E-state index contributed by atoms with van der Waals surface area (Å²) >= 11 is 0. The zero-order valence-electron chi connectivity index (χ0n) is 13.6. The minimum Gasteiger partial charge on any atom is -0.304 e. The van der Waals surface area contributed by atoms with Crippen LogP contribution in [0.25, 0.3) is 0 Å². The normalized spacial score (nSPS) is 18.2. The van der Waals surface area contributed by atoms with Gasteiger partial charge in [-0.3, -0.25) is 0 Å². The Labute approximate surface area is 110 Å². The second-order valence-corrected chi connectivity index (χ2v) is 6.94. The van der Waals surface area contributed by atoms with E-state index in [1.54, 1.807) is 0 Å². The Morgan fingerprint density at radius 2 is 1.24 bits per heavy atom. The molecule has 0 bridgehead atoms. The predicted molar refractivity (Wildman–Crippen MR) is 79.3 cm³/mol. The third-order valence-corrected chi connectivity index (χ3v) is 4.54. The zero-order valence-corrected chi connectivity index (χ0v) is 13.6. The van der Waals surface area contributed by atoms with E-state index in [9.17, 15) is 0 Å². The van der Waals surface area contributed by atoms with Crippen LogP contribution < -0.4 is 0 Å². The molecule has 0 aromatic heterocycles. The first-order valence-electron chi connectivity index (χ1n) is 7.38. The minimum absolute atomic E-state index is 0.652. The van der Waals surface area contributed by atoms with E-state index in [1.165, 1.54) is 6.54 Å². The van der Waals surface area contributed by atoms with Crippen LogP contribution in [0, 0.1) is 29.6 Å². The van der Waals surface area contributed by atoms with Crippen LogP contribution in [0.4, 0.5) is 0 Å². The fourth-order valence-electron chi connectivity index (χ4n) is 3.01. The van der Waals surface area contributed by atoms with E-state index in [4.69, 9.17) is 0 Å². The maximum atomic E-state index is 2.48. The van der Waals surface area contributed by atoms with Crippen LogP contribution in [0.3, 0.4) is 0 Å². The van der Waals surface area contributed by atoms with Gasteiger partial charge in [0.05, 0.1) is 0 Å². The summed E-state index contributed by atoms with van der Waals surface area (Å²) in [6.45, 7) is 20.1. The molecule has 0 saturated carbocycles. The van der Waals surface area contributed by atoms with Crippen LogP contribution in [0.1, 0.15) is 55.4 Å². The molecule has 0 fully saturated rings. The largest absolute Gasteiger partial charge is 0.304 e. The topological polar surface area (TPSA) is 3.24 Å². The molecule has 0 rings (SSSR count). The van der Waals surface area contributed by atoms with E-state index in [-0.39, 0.29) is 0 Å². The molecular weight excluding hydrogens is 206 g/mol. The molecule has 1 nitrogen and oxygen atoms in total. The summed E-state index contributed by atoms with van der Waals surface area (Å²) in [6.07, 6.45) is 0. The van der Waals surface area contributed by atoms with Crippen molar-refractivity contribution in [3.8, 4) is 0 Å². The van der Waals surface area contributed by atoms with Gasteiger partial charge in [-0.25, -0.2) is 0 Å². The lowest BCUT2D eigenvalue weighted by atomic mass is 9.71. The van der Waals surface area contributed by atoms with Gasteiger partial charge in [-0.2, -0.15) is 0 Å². The van der Waals surface area contributed by atoms with Gasteiger partial charge >= 0.3 is 0 Å². The van der Waals surface area contributed by atoms with E-state index < -0.39 is 0 Å². The molecule has 0 aliphatic rings. The molecule has 3 unspecified atom stereocenters. The smallest absolute Gasteiger partial charge is 0.00356 e. The average molecular weight is 241 g/mol. The average Bonchev–Trinajstić information content (AvgIpc) is 2.16. The Morgan fingerprint density at radius 3 is 1.53 bits per heavy atom. The SMILES string of the molecule is CC(C)C(C)C(C(C)C)C(C)CN(C)C(C)C. The van der Waals surface area contributed by atoms with Gasteiger partial charge in [0.2, 0.25) is 0 Å². The lowest BCUT2D eigenvalue weighted by Gasteiger charge is -2.37. The second kappa shape index (κ2) is 7.41. The maximum Gasteiger partial charge on any atom is 0.00356 e. The zero-order chi connectivity index (χ0) is 13.7. The van der Waals surface area contributed by atoms with Gasteiger partial charge in [-0.15, -0.1) is 0 Å². The third-order valence-electron chi connectivity index (χ3n) is 4.54. The molecule has 0 aromatic rings. The molecule has 17 heavy (non-hydrogen) atoms. The van der Waals surface area contributed by atoms with Crippen molar-refractivity contribution in [3.63, 3.8) is 0 Å². The van der Waals surface area contributed by atoms with Gasteiger partial charge in [-0.05, 0) is 50.5 Å². The summed E-state index contributed by atoms with van der Waals surface area (Å²) in [6, 6.07) is 0.652. The molecule has 1 heteroatoms. The first-order valence-corrected chi connectivity index (χ1v) is 7.38. The molecule has 0 aromatic carbocycles. The lowest BCUT2D eigenvalue weighted by molar-refractivity contribution is 0.110. The van der Waals surface area contributed by atoms with E-state index >= 15 is 0 Å². The fourth-order valence-corrected chi connectivity index (χ4v) is 3.01. The lowest BCUT2D eigenvalue weighted by Crippen LogP contribution is -2.37. The molecule has 0 N–H and O–H groups in total. The van der Waals surface area contributed by atoms with Crippen molar-refractivity contribution < 1.29 is 0 Å². The summed E-state index contributed by atoms with van der Waals surface area (Å²) in [4.78, 5) is 2.48. The third kappa shape index (κ3) is 5.42. The second-order valence-electron chi connectivity index (χ2n) is 6.94. The number of hydrogen-bond acceptors (Lipinski definition) is 1. The highest BCUT2D eigenvalue weighted by atomic mass is 15.1. The minimum atomic E-state index is 0.652. The first-order chi connectivity index (χ1) is 7.68. The molecule has 104 valence electrons. The number of nitrogens with zero attached hydrogens (tertiary/aromatic N) is 1. The van der Waals surface area contributed by atoms with E-state index in [0.29, 0.717) is 6.04 Å². The fraction of sp³-hybridized carbons (Fsp3) is 1.00. The van der Waals surface area contributed by atoms with Crippen LogP contribution in [-0.2, 0) is 0 Å². The highest BCUT2D eigenvalue weighted by Gasteiger charge is 2.29. The highest BCUT2D eigenvalue weighted by Crippen LogP contribution is 2.33. The summed E-state index contributed by atoms with van der Waals surface area (Å²) < 4.78 is 0. The van der Waals surface area contributed by atoms with Gasteiger partial charge in [0.1, 0.15) is 0 Å². The van der Waals surface area contributed by atoms with Crippen molar-refractivity contribution in [2.45, 2.75) is 61.4 Å². The van der Waals surface area contributed by atoms with E-state index in [0.717, 1.165) is 29.6 Å². The summed E-state index contributed by atoms with van der Waals surface area (Å²) in [5.74, 6) is 3.98. The Hall–Kier alpha value is -0.0400. The standard InChI is InChI=1S/C16H35N/c1-11(2)15(8)16(12(3)4)14(7)10-17(9)13(5)6/h11-16H,10H2,1-9H3. The maximum absolute atomic E-state index is 2.48. The van der Waals surface area contributed by atoms with Crippen molar-refractivity contribution in [3.05, 3.63) is 0 Å². The predicted octanol–water partition coefficient (Wildman–Crippen LogP) is 4.53. The Morgan fingerprint density at radius 1 is 0.765 bits per heavy atom. The van der Waals surface area contributed by atoms with Crippen molar-refractivity contribution in [1.82, 2.24) is 4.90 Å². The van der Waals surface area contributed by atoms with Crippen LogP contribution in [0.5, 0.6) is 0 Å². The van der Waals surface area contributed by atoms with E-state index in [2.05, 4.69) is 67.3 Å². The van der Waals surface area contributed by atoms with Crippen LogP contribution in [0.15, 0.2) is 0 Å². The van der Waals surface area contributed by atoms with Gasteiger partial charge < -0.3 is 4.90 Å². The van der Waals surface area contributed by atoms with Crippen LogP contribution in [0.2, 0.25) is 0 Å². The van der Waals surface area contributed by atoms with Crippen LogP contribution in [-0.4, -0.2) is 24.5 Å². The first kappa shape index (κ1) is 17.0. The van der Waals surface area contributed by atoms with Gasteiger partial charge in [0, 0.05) is 12.6 Å². The molecular formula is C16H35N. The van der Waals surface area contributed by atoms with Crippen molar-refractivity contribution in [2.75, 3.05) is 13.6 Å². The van der Waals surface area contributed by atoms with Crippen molar-refractivity contribution in [2.24, 2.45) is 29.6 Å². The summed E-state index contributed by atoms with van der Waals surface area (Å²) in [7, 11) is 2.25. The van der Waals surface area contributed by atoms with Crippen molar-refractivity contribution in [1.29, 1.82) is 0 Å². The molecule has 0 heterocycles. The van der Waals surface area contributed by atoms with Gasteiger partial charge in [0.15, 0.2) is 0 Å². The molecule has 0 amide bonds. The van der Waals surface area contributed by atoms with Crippen molar-refractivity contribution >= 4 is 0 Å². The van der Waals surface area contributed by atoms with Crippen LogP contribution >= 0.6 is 0 Å².